The van der Waals surface area contributed by atoms with Crippen molar-refractivity contribution in [1.29, 1.82) is 0 Å². The number of carbonyl (C=O) groups is 1. The molecule has 0 spiro atoms. The number of nitrogens with one attached hydrogen (secondary N) is 1. The molecule has 0 aliphatic carbocycles. The minimum absolute atomic E-state index is 0.165. The Morgan fingerprint density at radius 3 is 2.70 bits per heavy atom. The van der Waals surface area contributed by atoms with Crippen molar-refractivity contribution >= 4 is 27.6 Å². The van der Waals surface area contributed by atoms with E-state index in [0.717, 1.165) is 26.5 Å². The van der Waals surface area contributed by atoms with Crippen LogP contribution in [0, 0.1) is 0 Å². The number of rotatable bonds is 7. The van der Waals surface area contributed by atoms with Crippen LogP contribution >= 0.6 is 11.3 Å². The summed E-state index contributed by atoms with van der Waals surface area (Å²) in [6.07, 6.45) is 0. The molecule has 154 valence electrons. The van der Waals surface area contributed by atoms with Crippen molar-refractivity contribution in [3.05, 3.63) is 72.0 Å². The Labute approximate surface area is 179 Å². The van der Waals surface area contributed by atoms with Crippen molar-refractivity contribution in [3.8, 4) is 16.5 Å². The molecule has 4 aromatic rings. The van der Waals surface area contributed by atoms with Gasteiger partial charge in [-0.3, -0.25) is 0 Å². The number of furan rings is 1. The van der Waals surface area contributed by atoms with Gasteiger partial charge in [-0.05, 0) is 48.9 Å². The fourth-order valence-electron chi connectivity index (χ4n) is 3.07. The van der Waals surface area contributed by atoms with Crippen molar-refractivity contribution in [2.45, 2.75) is 20.0 Å². The number of amides is 2. The third kappa shape index (κ3) is 4.63. The van der Waals surface area contributed by atoms with Gasteiger partial charge in [-0.15, -0.1) is 11.3 Å². The maximum Gasteiger partial charge on any atom is 0.317 e. The maximum absolute atomic E-state index is 12.4. The van der Waals surface area contributed by atoms with E-state index in [2.05, 4.69) is 10.3 Å². The molecule has 4 rings (SSSR count). The SMILES string of the molecule is CCOc1ccc(CN(C)C(=O)NCc2ccc(-c3nc4ccccc4s3)o2)cc1. The van der Waals surface area contributed by atoms with E-state index in [0.29, 0.717) is 31.2 Å². The zero-order valence-electron chi connectivity index (χ0n) is 16.9. The Hall–Kier alpha value is -3.32. The smallest absolute Gasteiger partial charge is 0.317 e. The molecule has 0 saturated carbocycles. The molecular weight excluding hydrogens is 398 g/mol. The molecule has 2 heterocycles. The lowest BCUT2D eigenvalue weighted by atomic mass is 10.2. The molecule has 1 N–H and O–H groups in total. The predicted octanol–water partition coefficient (Wildman–Crippen LogP) is 5.30. The van der Waals surface area contributed by atoms with Gasteiger partial charge in [0.25, 0.3) is 0 Å². The number of carbonyl (C=O) groups excluding carboxylic acids is 1. The van der Waals surface area contributed by atoms with Crippen LogP contribution in [-0.4, -0.2) is 29.6 Å². The summed E-state index contributed by atoms with van der Waals surface area (Å²) in [7, 11) is 1.76. The van der Waals surface area contributed by atoms with Gasteiger partial charge < -0.3 is 19.4 Å². The van der Waals surface area contributed by atoms with Crippen molar-refractivity contribution in [1.82, 2.24) is 15.2 Å². The van der Waals surface area contributed by atoms with E-state index >= 15 is 0 Å². The number of aromatic nitrogens is 1. The van der Waals surface area contributed by atoms with Crippen LogP contribution in [0.1, 0.15) is 18.2 Å². The molecule has 0 radical (unpaired) electrons. The zero-order valence-corrected chi connectivity index (χ0v) is 17.7. The Bertz CT molecular complexity index is 1100. The van der Waals surface area contributed by atoms with Crippen molar-refractivity contribution in [3.63, 3.8) is 0 Å². The maximum atomic E-state index is 12.4. The van der Waals surface area contributed by atoms with Crippen LogP contribution in [0.5, 0.6) is 5.75 Å². The molecule has 0 bridgehead atoms. The lowest BCUT2D eigenvalue weighted by molar-refractivity contribution is 0.205. The minimum atomic E-state index is -0.165. The topological polar surface area (TPSA) is 67.6 Å². The molecule has 2 aromatic heterocycles. The number of thiazole rings is 1. The number of ether oxygens (including phenoxy) is 1. The van der Waals surface area contributed by atoms with Gasteiger partial charge in [0.2, 0.25) is 0 Å². The number of benzene rings is 2. The minimum Gasteiger partial charge on any atom is -0.494 e. The average Bonchev–Trinajstić information content (AvgIpc) is 3.40. The van der Waals surface area contributed by atoms with Crippen LogP contribution < -0.4 is 10.1 Å². The summed E-state index contributed by atoms with van der Waals surface area (Å²) in [5, 5.41) is 3.73. The third-order valence-corrected chi connectivity index (χ3v) is 5.63. The zero-order chi connectivity index (χ0) is 20.9. The van der Waals surface area contributed by atoms with E-state index in [-0.39, 0.29) is 6.03 Å². The number of hydrogen-bond donors (Lipinski definition) is 1. The largest absolute Gasteiger partial charge is 0.494 e. The Morgan fingerprint density at radius 1 is 1.13 bits per heavy atom. The summed E-state index contributed by atoms with van der Waals surface area (Å²) < 4.78 is 12.4. The third-order valence-electron chi connectivity index (χ3n) is 4.58. The highest BCUT2D eigenvalue weighted by Gasteiger charge is 2.13. The number of para-hydroxylation sites is 1. The Kier molecular flexibility index (Phi) is 5.99. The highest BCUT2D eigenvalue weighted by atomic mass is 32.1. The molecule has 7 heteroatoms. The first-order chi connectivity index (χ1) is 14.6. The molecule has 6 nitrogen and oxygen atoms in total. The normalized spacial score (nSPS) is 10.9. The Morgan fingerprint density at radius 2 is 1.93 bits per heavy atom. The first kappa shape index (κ1) is 20.0. The molecule has 2 aromatic carbocycles. The molecule has 0 unspecified atom stereocenters. The number of nitrogens with zero attached hydrogens (tertiary/aromatic N) is 2. The van der Waals surface area contributed by atoms with E-state index in [1.165, 1.54) is 0 Å². The summed E-state index contributed by atoms with van der Waals surface area (Å²) in [6.45, 7) is 3.41. The van der Waals surface area contributed by atoms with Crippen LogP contribution in [0.3, 0.4) is 0 Å². The number of hydrogen-bond acceptors (Lipinski definition) is 5. The van der Waals surface area contributed by atoms with E-state index < -0.39 is 0 Å². The highest BCUT2D eigenvalue weighted by molar-refractivity contribution is 7.21. The van der Waals surface area contributed by atoms with Crippen LogP contribution in [0.25, 0.3) is 21.0 Å². The summed E-state index contributed by atoms with van der Waals surface area (Å²) in [4.78, 5) is 18.7. The monoisotopic (exact) mass is 421 g/mol. The first-order valence-electron chi connectivity index (χ1n) is 9.77. The highest BCUT2D eigenvalue weighted by Crippen LogP contribution is 2.31. The molecular formula is C23H23N3O3S. The second kappa shape index (κ2) is 9.00. The fraction of sp³-hybridized carbons (Fsp3) is 0.217. The van der Waals surface area contributed by atoms with Crippen molar-refractivity contribution in [2.24, 2.45) is 0 Å². The summed E-state index contributed by atoms with van der Waals surface area (Å²) >= 11 is 1.59. The van der Waals surface area contributed by atoms with E-state index in [1.54, 1.807) is 23.3 Å². The van der Waals surface area contributed by atoms with E-state index in [1.807, 2.05) is 67.6 Å². The van der Waals surface area contributed by atoms with Gasteiger partial charge in [0.05, 0.1) is 23.4 Å². The number of fused-ring (bicyclic) bond motifs is 1. The van der Waals surface area contributed by atoms with Crippen LogP contribution in [0.15, 0.2) is 65.1 Å². The molecule has 0 atom stereocenters. The van der Waals surface area contributed by atoms with Gasteiger partial charge in [-0.2, -0.15) is 0 Å². The van der Waals surface area contributed by atoms with Gasteiger partial charge in [0, 0.05) is 13.6 Å². The fourth-order valence-corrected chi connectivity index (χ4v) is 3.99. The van der Waals surface area contributed by atoms with Crippen LogP contribution in [0.2, 0.25) is 0 Å². The molecule has 30 heavy (non-hydrogen) atoms. The predicted molar refractivity (Wildman–Crippen MR) is 119 cm³/mol. The quantitative estimate of drug-likeness (QED) is 0.440. The lowest BCUT2D eigenvalue weighted by Gasteiger charge is -2.18. The molecule has 0 saturated heterocycles. The standard InChI is InChI=1S/C23H23N3O3S/c1-3-28-17-10-8-16(9-11-17)15-26(2)23(27)24-14-18-12-13-20(29-18)22-25-19-6-4-5-7-21(19)30-22/h4-13H,3,14-15H2,1-2H3,(H,24,27). The molecule has 2 amide bonds. The number of urea groups is 1. The van der Waals surface area contributed by atoms with E-state index in [4.69, 9.17) is 9.15 Å². The van der Waals surface area contributed by atoms with Gasteiger partial charge in [0.1, 0.15) is 11.5 Å². The molecule has 0 aliphatic heterocycles. The first-order valence-corrected chi connectivity index (χ1v) is 10.6. The van der Waals surface area contributed by atoms with Gasteiger partial charge in [-0.25, -0.2) is 9.78 Å². The Balaban J connectivity index is 1.32. The summed E-state index contributed by atoms with van der Waals surface area (Å²) in [5.74, 6) is 2.23. The molecule has 0 fully saturated rings. The summed E-state index contributed by atoms with van der Waals surface area (Å²) in [5.41, 5.74) is 1.99. The van der Waals surface area contributed by atoms with Gasteiger partial charge in [-0.1, -0.05) is 24.3 Å². The van der Waals surface area contributed by atoms with Crippen LogP contribution in [0.4, 0.5) is 4.79 Å². The molecule has 0 aliphatic rings. The van der Waals surface area contributed by atoms with Crippen LogP contribution in [-0.2, 0) is 13.1 Å². The lowest BCUT2D eigenvalue weighted by Crippen LogP contribution is -2.36. The van der Waals surface area contributed by atoms with Crippen molar-refractivity contribution in [2.75, 3.05) is 13.7 Å². The van der Waals surface area contributed by atoms with Gasteiger partial charge in [0.15, 0.2) is 10.8 Å². The second-order valence-corrected chi connectivity index (χ2v) is 7.88. The summed E-state index contributed by atoms with van der Waals surface area (Å²) in [6, 6.07) is 19.3. The second-order valence-electron chi connectivity index (χ2n) is 6.84. The van der Waals surface area contributed by atoms with E-state index in [9.17, 15) is 4.79 Å². The average molecular weight is 422 g/mol. The van der Waals surface area contributed by atoms with Crippen molar-refractivity contribution < 1.29 is 13.9 Å². The van der Waals surface area contributed by atoms with Gasteiger partial charge >= 0.3 is 6.03 Å².